The van der Waals surface area contributed by atoms with Gasteiger partial charge in [0.1, 0.15) is 17.3 Å². The van der Waals surface area contributed by atoms with Crippen molar-refractivity contribution >= 4 is 17.5 Å². The minimum absolute atomic E-state index is 0.0626. The lowest BCUT2D eigenvalue weighted by Gasteiger charge is -2.03. The highest BCUT2D eigenvalue weighted by Crippen LogP contribution is 2.25. The van der Waals surface area contributed by atoms with Crippen molar-refractivity contribution < 1.29 is 13.9 Å². The average Bonchev–Trinajstić information content (AvgIpc) is 3.39. The minimum atomic E-state index is -0.318. The monoisotopic (exact) mass is 424 g/mol. The number of aromatic nitrogens is 5. The van der Waals surface area contributed by atoms with Crippen LogP contribution >= 0.6 is 11.8 Å². The number of nitrogen functional groups attached to an aromatic ring is 1. The van der Waals surface area contributed by atoms with Crippen molar-refractivity contribution in [2.45, 2.75) is 5.16 Å². The quantitative estimate of drug-likeness (QED) is 0.266. The van der Waals surface area contributed by atoms with E-state index in [9.17, 15) is 9.18 Å². The molecule has 0 spiro atoms. The molecule has 0 amide bonds. The summed E-state index contributed by atoms with van der Waals surface area (Å²) < 4.78 is 19.5. The first kappa shape index (κ1) is 19.6. The Kier molecular flexibility index (Phi) is 5.48. The van der Waals surface area contributed by atoms with E-state index in [0.717, 1.165) is 5.56 Å². The van der Waals surface area contributed by atoms with E-state index in [1.807, 2.05) is 0 Å². The third-order valence-corrected chi connectivity index (χ3v) is 5.31. The Hall–Kier alpha value is -3.66. The number of benzene rings is 2. The van der Waals surface area contributed by atoms with Crippen LogP contribution in [0.1, 0.15) is 10.4 Å². The summed E-state index contributed by atoms with van der Waals surface area (Å²) in [7, 11) is 1.57. The predicted octanol–water partition coefficient (Wildman–Crippen LogP) is 3.17. The fourth-order valence-corrected chi connectivity index (χ4v) is 3.51. The van der Waals surface area contributed by atoms with Gasteiger partial charge >= 0.3 is 0 Å². The molecule has 0 aliphatic heterocycles. The van der Waals surface area contributed by atoms with E-state index in [1.165, 1.54) is 28.6 Å². The molecule has 0 aliphatic rings. The van der Waals surface area contributed by atoms with Gasteiger partial charge in [-0.3, -0.25) is 9.89 Å². The van der Waals surface area contributed by atoms with Gasteiger partial charge in [0.15, 0.2) is 5.78 Å². The maximum atomic E-state index is 13.1. The van der Waals surface area contributed by atoms with E-state index in [2.05, 4.69) is 20.4 Å². The Bertz CT molecular complexity index is 1170. The number of ketones is 1. The Morgan fingerprint density at radius 2 is 1.90 bits per heavy atom. The molecule has 30 heavy (non-hydrogen) atoms. The van der Waals surface area contributed by atoms with Gasteiger partial charge in [-0.25, -0.2) is 9.07 Å². The summed E-state index contributed by atoms with van der Waals surface area (Å²) in [5.74, 6) is 6.95. The van der Waals surface area contributed by atoms with Gasteiger partial charge in [-0.15, -0.1) is 10.2 Å². The van der Waals surface area contributed by atoms with Crippen molar-refractivity contribution in [2.24, 2.45) is 0 Å². The van der Waals surface area contributed by atoms with Crippen molar-refractivity contribution in [2.75, 3.05) is 18.7 Å². The summed E-state index contributed by atoms with van der Waals surface area (Å²) >= 11 is 1.19. The average molecular weight is 424 g/mol. The number of H-pyrrole nitrogens is 1. The number of Topliss-reactive ketones (excluding diaryl/α,β-unsaturated/α-hetero) is 1. The number of carbonyl (C=O) groups excluding carboxylic acids is 1. The highest BCUT2D eigenvalue weighted by Gasteiger charge is 2.17. The number of hydrogen-bond acceptors (Lipinski definition) is 7. The van der Waals surface area contributed by atoms with Gasteiger partial charge in [0.25, 0.3) is 0 Å². The normalized spacial score (nSPS) is 10.9. The van der Waals surface area contributed by atoms with Crippen LogP contribution in [-0.2, 0) is 0 Å². The van der Waals surface area contributed by atoms with Crippen molar-refractivity contribution in [3.63, 3.8) is 0 Å². The number of rotatable bonds is 7. The van der Waals surface area contributed by atoms with E-state index < -0.39 is 0 Å². The summed E-state index contributed by atoms with van der Waals surface area (Å²) in [6.45, 7) is 0. The largest absolute Gasteiger partial charge is 0.497 e. The Labute approximate surface area is 175 Å². The zero-order valence-electron chi connectivity index (χ0n) is 15.9. The van der Waals surface area contributed by atoms with Crippen LogP contribution in [0.2, 0.25) is 0 Å². The van der Waals surface area contributed by atoms with Crippen LogP contribution in [0, 0.1) is 5.82 Å². The standard InChI is InChI=1S/C20H17FN6O2S/c1-29-15-8-4-13(5-9-15)18(28)11-30-20-26-25-19(27(20)22)17-10-16(23-24-17)12-2-6-14(21)7-3-12/h2-10H,11,22H2,1H3,(H,23,24). The first-order valence-corrected chi connectivity index (χ1v) is 9.86. The van der Waals surface area contributed by atoms with E-state index >= 15 is 0 Å². The Morgan fingerprint density at radius 1 is 1.17 bits per heavy atom. The molecule has 4 aromatic rings. The fraction of sp³-hybridized carbons (Fsp3) is 0.100. The number of thioether (sulfide) groups is 1. The predicted molar refractivity (Wildman–Crippen MR) is 111 cm³/mol. The van der Waals surface area contributed by atoms with Gasteiger partial charge in [-0.05, 0) is 54.6 Å². The zero-order chi connectivity index (χ0) is 21.1. The molecule has 2 aromatic heterocycles. The summed E-state index contributed by atoms with van der Waals surface area (Å²) in [5, 5.41) is 15.6. The van der Waals surface area contributed by atoms with Crippen LogP contribution in [0.15, 0.2) is 59.8 Å². The number of aromatic amines is 1. The molecule has 152 valence electrons. The summed E-state index contributed by atoms with van der Waals surface area (Å²) in [4.78, 5) is 12.4. The van der Waals surface area contributed by atoms with E-state index in [1.54, 1.807) is 49.6 Å². The molecule has 0 radical (unpaired) electrons. The molecule has 8 nitrogen and oxygen atoms in total. The summed E-state index contributed by atoms with van der Waals surface area (Å²) in [6, 6.07) is 14.6. The van der Waals surface area contributed by atoms with Crippen molar-refractivity contribution in [1.82, 2.24) is 25.1 Å². The van der Waals surface area contributed by atoms with Crippen molar-refractivity contribution in [3.8, 4) is 28.5 Å². The molecule has 0 atom stereocenters. The van der Waals surface area contributed by atoms with Gasteiger partial charge < -0.3 is 10.6 Å². The number of ether oxygens (including phenoxy) is 1. The molecule has 0 aliphatic carbocycles. The molecule has 0 fully saturated rings. The number of nitrogens with zero attached hydrogens (tertiary/aromatic N) is 4. The molecule has 0 unspecified atom stereocenters. The first-order chi connectivity index (χ1) is 14.5. The first-order valence-electron chi connectivity index (χ1n) is 8.87. The highest BCUT2D eigenvalue weighted by atomic mass is 32.2. The van der Waals surface area contributed by atoms with Crippen LogP contribution in [0.4, 0.5) is 4.39 Å². The van der Waals surface area contributed by atoms with Crippen LogP contribution in [0.3, 0.4) is 0 Å². The van der Waals surface area contributed by atoms with Gasteiger partial charge in [0, 0.05) is 11.1 Å². The van der Waals surface area contributed by atoms with Gasteiger partial charge in [0.2, 0.25) is 11.0 Å². The molecule has 0 saturated heterocycles. The zero-order valence-corrected chi connectivity index (χ0v) is 16.7. The molecule has 0 saturated carbocycles. The van der Waals surface area contributed by atoms with Crippen molar-refractivity contribution in [1.29, 1.82) is 0 Å². The van der Waals surface area contributed by atoms with Crippen LogP contribution in [0.5, 0.6) is 5.75 Å². The molecule has 3 N–H and O–H groups in total. The van der Waals surface area contributed by atoms with Gasteiger partial charge in [-0.1, -0.05) is 11.8 Å². The number of hydrogen-bond donors (Lipinski definition) is 2. The maximum Gasteiger partial charge on any atom is 0.210 e. The second-order valence-corrected chi connectivity index (χ2v) is 7.23. The lowest BCUT2D eigenvalue weighted by molar-refractivity contribution is 0.102. The van der Waals surface area contributed by atoms with Gasteiger partial charge in [-0.2, -0.15) is 5.10 Å². The second-order valence-electron chi connectivity index (χ2n) is 6.29. The third-order valence-electron chi connectivity index (χ3n) is 4.37. The van der Waals surface area contributed by atoms with Gasteiger partial charge in [0.05, 0.1) is 18.6 Å². The maximum absolute atomic E-state index is 13.1. The molecular formula is C20H17FN6O2S. The van der Waals surface area contributed by atoms with Crippen LogP contribution in [0.25, 0.3) is 22.8 Å². The van der Waals surface area contributed by atoms with Crippen LogP contribution < -0.4 is 10.6 Å². The molecule has 0 bridgehead atoms. The topological polar surface area (TPSA) is 112 Å². The fourth-order valence-electron chi connectivity index (χ4n) is 2.75. The molecular weight excluding hydrogens is 407 g/mol. The number of nitrogens with one attached hydrogen (secondary N) is 1. The summed E-state index contributed by atoms with van der Waals surface area (Å²) in [6.07, 6.45) is 0. The number of carbonyl (C=O) groups is 1. The molecule has 2 heterocycles. The number of halogens is 1. The molecule has 2 aromatic carbocycles. The second kappa shape index (κ2) is 8.37. The SMILES string of the molecule is COc1ccc(C(=O)CSc2nnc(-c3cc(-c4ccc(F)cc4)n[nH]3)n2N)cc1. The smallest absolute Gasteiger partial charge is 0.210 e. The lowest BCUT2D eigenvalue weighted by Crippen LogP contribution is -2.13. The molecule has 4 rings (SSSR count). The van der Waals surface area contributed by atoms with E-state index in [0.29, 0.717) is 33.7 Å². The van der Waals surface area contributed by atoms with E-state index in [4.69, 9.17) is 10.6 Å². The Morgan fingerprint density at radius 3 is 2.60 bits per heavy atom. The van der Waals surface area contributed by atoms with E-state index in [-0.39, 0.29) is 17.4 Å². The van der Waals surface area contributed by atoms with Crippen molar-refractivity contribution in [3.05, 3.63) is 66.0 Å². The third kappa shape index (κ3) is 4.03. The molecule has 10 heteroatoms. The Balaban J connectivity index is 1.46. The van der Waals surface area contributed by atoms with Crippen LogP contribution in [-0.4, -0.2) is 43.7 Å². The lowest BCUT2D eigenvalue weighted by atomic mass is 10.1. The highest BCUT2D eigenvalue weighted by molar-refractivity contribution is 7.99. The number of methoxy groups -OCH3 is 1. The number of nitrogens with two attached hydrogens (primary N) is 1. The summed E-state index contributed by atoms with van der Waals surface area (Å²) in [5.41, 5.74) is 2.50. The minimum Gasteiger partial charge on any atom is -0.497 e.